The Morgan fingerprint density at radius 2 is 2.08 bits per heavy atom. The van der Waals surface area contributed by atoms with Crippen LogP contribution >= 0.6 is 11.3 Å². The molecule has 3 amide bonds. The molecule has 3 aromatic rings. The number of nitrogens with two attached hydrogens (primary N) is 1. The number of nitrogens with one attached hydrogen (secondary N) is 3. The van der Waals surface area contributed by atoms with Crippen LogP contribution in [0.5, 0.6) is 0 Å². The molecular formula is C17H19N5O2S. The Kier molecular flexibility index (Phi) is 5.30. The van der Waals surface area contributed by atoms with E-state index in [2.05, 4.69) is 20.6 Å². The monoisotopic (exact) mass is 357 g/mol. The number of carbonyl (C=O) groups is 2. The van der Waals surface area contributed by atoms with E-state index < -0.39 is 12.1 Å². The summed E-state index contributed by atoms with van der Waals surface area (Å²) in [5.41, 5.74) is 7.09. The Bertz CT molecular complexity index is 826. The maximum atomic E-state index is 12.2. The van der Waals surface area contributed by atoms with Gasteiger partial charge in [-0.25, -0.2) is 9.78 Å². The number of rotatable bonds is 7. The lowest BCUT2D eigenvalue weighted by molar-refractivity contribution is -0.121. The Balaban J connectivity index is 1.52. The molecular weight excluding hydrogens is 338 g/mol. The third-order valence-corrected chi connectivity index (χ3v) is 4.70. The molecule has 0 aliphatic heterocycles. The molecule has 130 valence electrons. The van der Waals surface area contributed by atoms with E-state index in [9.17, 15) is 9.59 Å². The third kappa shape index (κ3) is 4.57. The molecule has 0 saturated heterocycles. The van der Waals surface area contributed by atoms with Crippen molar-refractivity contribution in [1.29, 1.82) is 0 Å². The molecule has 0 radical (unpaired) electrons. The van der Waals surface area contributed by atoms with Crippen molar-refractivity contribution in [2.45, 2.75) is 18.9 Å². The van der Waals surface area contributed by atoms with Crippen LogP contribution in [0, 0.1) is 0 Å². The molecule has 0 aliphatic rings. The zero-order valence-electron chi connectivity index (χ0n) is 13.5. The van der Waals surface area contributed by atoms with Crippen LogP contribution in [0.25, 0.3) is 11.0 Å². The summed E-state index contributed by atoms with van der Waals surface area (Å²) >= 11 is 1.47. The van der Waals surface area contributed by atoms with E-state index in [0.29, 0.717) is 13.0 Å². The first-order valence-electron chi connectivity index (χ1n) is 7.91. The number of H-pyrrole nitrogens is 1. The largest absolute Gasteiger partial charge is 0.356 e. The van der Waals surface area contributed by atoms with Gasteiger partial charge in [0.1, 0.15) is 5.82 Å². The van der Waals surface area contributed by atoms with Gasteiger partial charge in [0.15, 0.2) is 0 Å². The number of aromatic amines is 1. The lowest BCUT2D eigenvalue weighted by Crippen LogP contribution is -2.36. The smallest absolute Gasteiger partial charge is 0.312 e. The number of hydrogen-bond acceptors (Lipinski definition) is 4. The molecule has 0 aliphatic carbocycles. The van der Waals surface area contributed by atoms with Gasteiger partial charge in [-0.15, -0.1) is 11.3 Å². The number of imidazole rings is 1. The summed E-state index contributed by atoms with van der Waals surface area (Å²) in [6, 6.07) is 10.5. The van der Waals surface area contributed by atoms with Crippen molar-refractivity contribution >= 4 is 34.3 Å². The van der Waals surface area contributed by atoms with Crippen molar-refractivity contribution in [3.05, 3.63) is 52.5 Å². The maximum Gasteiger partial charge on any atom is 0.312 e. The van der Waals surface area contributed by atoms with Gasteiger partial charge >= 0.3 is 6.03 Å². The van der Waals surface area contributed by atoms with Crippen molar-refractivity contribution in [1.82, 2.24) is 20.6 Å². The number of urea groups is 1. The van der Waals surface area contributed by atoms with E-state index in [1.165, 1.54) is 11.3 Å². The molecule has 0 fully saturated rings. The van der Waals surface area contributed by atoms with Crippen molar-refractivity contribution in [2.75, 3.05) is 6.54 Å². The summed E-state index contributed by atoms with van der Waals surface area (Å²) in [6.07, 6.45) is 0.747. The fourth-order valence-electron chi connectivity index (χ4n) is 2.59. The number of hydrogen-bond donors (Lipinski definition) is 4. The molecule has 2 aromatic heterocycles. The van der Waals surface area contributed by atoms with Crippen LogP contribution in [-0.4, -0.2) is 28.5 Å². The summed E-state index contributed by atoms with van der Waals surface area (Å²) in [6.45, 7) is 0.465. The lowest BCUT2D eigenvalue weighted by Gasteiger charge is -2.15. The first-order chi connectivity index (χ1) is 12.1. The Labute approximate surface area is 148 Å². The molecule has 7 nitrogen and oxygen atoms in total. The summed E-state index contributed by atoms with van der Waals surface area (Å²) < 4.78 is 0. The Morgan fingerprint density at radius 3 is 2.80 bits per heavy atom. The molecule has 2 heterocycles. The highest BCUT2D eigenvalue weighted by atomic mass is 32.1. The van der Waals surface area contributed by atoms with E-state index in [4.69, 9.17) is 5.73 Å². The van der Waals surface area contributed by atoms with Gasteiger partial charge in [-0.1, -0.05) is 18.2 Å². The van der Waals surface area contributed by atoms with Crippen LogP contribution < -0.4 is 16.4 Å². The molecule has 8 heteroatoms. The van der Waals surface area contributed by atoms with Crippen molar-refractivity contribution < 1.29 is 9.59 Å². The highest BCUT2D eigenvalue weighted by molar-refractivity contribution is 7.10. The van der Waals surface area contributed by atoms with Gasteiger partial charge in [-0.2, -0.15) is 0 Å². The minimum Gasteiger partial charge on any atom is -0.356 e. The van der Waals surface area contributed by atoms with Crippen molar-refractivity contribution in [3.8, 4) is 0 Å². The molecule has 25 heavy (non-hydrogen) atoms. The number of amides is 3. The Morgan fingerprint density at radius 1 is 1.24 bits per heavy atom. The van der Waals surface area contributed by atoms with Crippen LogP contribution in [0.2, 0.25) is 0 Å². The highest BCUT2D eigenvalue weighted by Crippen LogP contribution is 2.21. The van der Waals surface area contributed by atoms with E-state index in [0.717, 1.165) is 21.7 Å². The normalized spacial score (nSPS) is 12.0. The van der Waals surface area contributed by atoms with Crippen LogP contribution in [-0.2, 0) is 11.2 Å². The number of nitrogens with zero attached hydrogens (tertiary/aromatic N) is 1. The molecule has 0 saturated carbocycles. The molecule has 0 spiro atoms. The maximum absolute atomic E-state index is 12.2. The molecule has 1 atom stereocenters. The second-order valence-corrected chi connectivity index (χ2v) is 6.56. The molecule has 3 rings (SSSR count). The zero-order chi connectivity index (χ0) is 17.6. The molecule has 1 aromatic carbocycles. The molecule has 1 unspecified atom stereocenters. The standard InChI is InChI=1S/C17H19N5O2S/c18-17(24)22-13(14-6-3-9-25-14)10-16(23)19-8-7-15-20-11-4-1-2-5-12(11)21-15/h1-6,9,13H,7-8,10H2,(H,19,23)(H,20,21)(H3,18,22,24). The van der Waals surface area contributed by atoms with Gasteiger partial charge in [-0.05, 0) is 23.6 Å². The fourth-order valence-corrected chi connectivity index (χ4v) is 3.36. The van der Waals surface area contributed by atoms with Crippen LogP contribution in [0.15, 0.2) is 41.8 Å². The van der Waals surface area contributed by atoms with Gasteiger partial charge in [0.05, 0.1) is 23.5 Å². The minimum absolute atomic E-state index is 0.142. The lowest BCUT2D eigenvalue weighted by atomic mass is 10.1. The zero-order valence-corrected chi connectivity index (χ0v) is 14.3. The summed E-state index contributed by atoms with van der Waals surface area (Å²) in [4.78, 5) is 31.9. The van der Waals surface area contributed by atoms with Crippen molar-refractivity contribution in [3.63, 3.8) is 0 Å². The highest BCUT2D eigenvalue weighted by Gasteiger charge is 2.18. The SMILES string of the molecule is NC(=O)NC(CC(=O)NCCc1nc2ccccc2[nH]1)c1cccs1. The second kappa shape index (κ2) is 7.80. The predicted octanol–water partition coefficient (Wildman–Crippen LogP) is 2.08. The van der Waals surface area contributed by atoms with Gasteiger partial charge in [0.2, 0.25) is 5.91 Å². The topological polar surface area (TPSA) is 113 Å². The summed E-state index contributed by atoms with van der Waals surface area (Å²) in [7, 11) is 0. The summed E-state index contributed by atoms with van der Waals surface area (Å²) in [5.74, 6) is 0.676. The van der Waals surface area contributed by atoms with Gasteiger partial charge in [0, 0.05) is 17.8 Å². The summed E-state index contributed by atoms with van der Waals surface area (Å²) in [5, 5.41) is 7.36. The van der Waals surface area contributed by atoms with Gasteiger partial charge in [-0.3, -0.25) is 4.79 Å². The van der Waals surface area contributed by atoms with Crippen molar-refractivity contribution in [2.24, 2.45) is 5.73 Å². The van der Waals surface area contributed by atoms with Crippen LogP contribution in [0.4, 0.5) is 4.79 Å². The van der Waals surface area contributed by atoms with E-state index in [-0.39, 0.29) is 12.3 Å². The third-order valence-electron chi connectivity index (χ3n) is 3.72. The second-order valence-electron chi connectivity index (χ2n) is 5.58. The van der Waals surface area contributed by atoms with Gasteiger partial charge < -0.3 is 21.4 Å². The van der Waals surface area contributed by atoms with E-state index in [1.807, 2.05) is 41.8 Å². The number of carbonyl (C=O) groups excluding carboxylic acids is 2. The molecule has 5 N–H and O–H groups in total. The Hall–Kier alpha value is -2.87. The number of benzene rings is 1. The average molecular weight is 357 g/mol. The number of thiophene rings is 1. The van der Waals surface area contributed by atoms with Gasteiger partial charge in [0.25, 0.3) is 0 Å². The quantitative estimate of drug-likeness (QED) is 0.519. The number of fused-ring (bicyclic) bond motifs is 1. The van der Waals surface area contributed by atoms with Crippen LogP contribution in [0.3, 0.4) is 0 Å². The number of para-hydroxylation sites is 2. The van der Waals surface area contributed by atoms with Crippen LogP contribution in [0.1, 0.15) is 23.2 Å². The minimum atomic E-state index is -0.645. The predicted molar refractivity (Wildman–Crippen MR) is 97.2 cm³/mol. The molecule has 0 bridgehead atoms. The first kappa shape index (κ1) is 17.0. The average Bonchev–Trinajstić information content (AvgIpc) is 3.23. The first-order valence-corrected chi connectivity index (χ1v) is 8.79. The van der Waals surface area contributed by atoms with E-state index >= 15 is 0 Å². The fraction of sp³-hybridized carbons (Fsp3) is 0.235. The number of primary amides is 1. The van der Waals surface area contributed by atoms with E-state index in [1.54, 1.807) is 0 Å². The number of aromatic nitrogens is 2.